The summed E-state index contributed by atoms with van der Waals surface area (Å²) in [5, 5.41) is 3.15. The van der Waals surface area contributed by atoms with Gasteiger partial charge in [0, 0.05) is 18.2 Å². The molecular weight excluding hydrogens is 394 g/mol. The van der Waals surface area contributed by atoms with Gasteiger partial charge in [-0.05, 0) is 40.2 Å². The van der Waals surface area contributed by atoms with Crippen molar-refractivity contribution in [2.75, 3.05) is 26.4 Å². The highest BCUT2D eigenvalue weighted by Crippen LogP contribution is 2.21. The molecule has 1 rings (SSSR count). The summed E-state index contributed by atoms with van der Waals surface area (Å²) in [5.41, 5.74) is 0.583. The summed E-state index contributed by atoms with van der Waals surface area (Å²) in [5.74, 6) is -4.84. The van der Waals surface area contributed by atoms with Gasteiger partial charge >= 0.3 is 23.9 Å². The lowest BCUT2D eigenvalue weighted by atomic mass is 9.95. The van der Waals surface area contributed by atoms with Crippen molar-refractivity contribution in [2.45, 2.75) is 46.6 Å². The molecule has 30 heavy (non-hydrogen) atoms. The Balaban J connectivity index is 2.87. The van der Waals surface area contributed by atoms with Gasteiger partial charge < -0.3 is 24.3 Å². The molecule has 0 bridgehead atoms. The molecule has 0 saturated carbocycles. The molecule has 9 nitrogen and oxygen atoms in total. The Morgan fingerprint density at radius 2 is 1.23 bits per heavy atom. The van der Waals surface area contributed by atoms with Crippen LogP contribution in [0.1, 0.15) is 40.5 Å². The van der Waals surface area contributed by atoms with E-state index in [0.717, 1.165) is 0 Å². The van der Waals surface area contributed by atoms with Crippen LogP contribution >= 0.6 is 0 Å². The topological polar surface area (TPSA) is 117 Å². The van der Waals surface area contributed by atoms with Crippen molar-refractivity contribution >= 4 is 23.9 Å². The summed E-state index contributed by atoms with van der Waals surface area (Å²) in [6.07, 6.45) is 5.37. The lowest BCUT2D eigenvalue weighted by Crippen LogP contribution is -2.38. The number of carbonyl (C=O) groups is 4. The van der Waals surface area contributed by atoms with Crippen LogP contribution < -0.4 is 5.32 Å². The monoisotopic (exact) mass is 425 g/mol. The molecule has 9 heteroatoms. The van der Waals surface area contributed by atoms with Gasteiger partial charge in [0.15, 0.2) is 11.8 Å². The minimum Gasteiger partial charge on any atom is -0.465 e. The van der Waals surface area contributed by atoms with Crippen LogP contribution in [0.15, 0.2) is 23.9 Å². The average Bonchev–Trinajstić information content (AvgIpc) is 2.71. The molecule has 0 radical (unpaired) electrons. The van der Waals surface area contributed by atoms with E-state index in [1.54, 1.807) is 45.9 Å². The number of rotatable bonds is 12. The second-order valence-corrected chi connectivity index (χ2v) is 6.38. The van der Waals surface area contributed by atoms with Crippen LogP contribution in [0.2, 0.25) is 0 Å². The third kappa shape index (κ3) is 7.88. The van der Waals surface area contributed by atoms with Crippen molar-refractivity contribution in [1.29, 1.82) is 0 Å². The molecule has 0 aromatic carbocycles. The van der Waals surface area contributed by atoms with E-state index >= 15 is 0 Å². The van der Waals surface area contributed by atoms with Gasteiger partial charge in [0.2, 0.25) is 0 Å². The van der Waals surface area contributed by atoms with Crippen molar-refractivity contribution in [1.82, 2.24) is 5.32 Å². The predicted octanol–water partition coefficient (Wildman–Crippen LogP) is 1.66. The van der Waals surface area contributed by atoms with Crippen LogP contribution in [0.3, 0.4) is 0 Å². The highest BCUT2D eigenvalue weighted by molar-refractivity contribution is 5.95. The highest BCUT2D eigenvalue weighted by Gasteiger charge is 2.34. The van der Waals surface area contributed by atoms with E-state index in [1.165, 1.54) is 0 Å². The molecule has 0 aromatic heterocycles. The zero-order chi connectivity index (χ0) is 22.5. The standard InChI is InChI=1S/C21H31NO8/c1-5-27-18(23)16(19(24)28-6-2)12-14-10-9-11-15(22-14)13-17(20(25)29-7-3)21(26)30-8-4/h9-11,14,16-17,22H,5-8,12-13H2,1-4H3. The molecule has 0 amide bonds. The fourth-order valence-corrected chi connectivity index (χ4v) is 2.90. The first-order valence-corrected chi connectivity index (χ1v) is 10.2. The van der Waals surface area contributed by atoms with Gasteiger partial charge in [-0.2, -0.15) is 0 Å². The molecule has 1 heterocycles. The quantitative estimate of drug-likeness (QED) is 0.283. The zero-order valence-corrected chi connectivity index (χ0v) is 18.0. The molecule has 1 atom stereocenters. The molecule has 1 N–H and O–H groups in total. The number of ether oxygens (including phenoxy) is 4. The van der Waals surface area contributed by atoms with E-state index in [-0.39, 0.29) is 39.3 Å². The smallest absolute Gasteiger partial charge is 0.320 e. The Bertz CT molecular complexity index is 634. The average molecular weight is 425 g/mol. The summed E-state index contributed by atoms with van der Waals surface area (Å²) in [7, 11) is 0. The third-order valence-electron chi connectivity index (χ3n) is 4.21. The van der Waals surface area contributed by atoms with Crippen molar-refractivity contribution < 1.29 is 38.1 Å². The minimum absolute atomic E-state index is 0.0436. The van der Waals surface area contributed by atoms with E-state index in [1.807, 2.05) is 0 Å². The van der Waals surface area contributed by atoms with E-state index in [9.17, 15) is 19.2 Å². The molecule has 1 unspecified atom stereocenters. The van der Waals surface area contributed by atoms with Crippen LogP contribution in [0.5, 0.6) is 0 Å². The first-order valence-electron chi connectivity index (χ1n) is 10.2. The van der Waals surface area contributed by atoms with Crippen LogP contribution in [-0.4, -0.2) is 56.3 Å². The number of dihydropyridines is 1. The minimum atomic E-state index is -1.11. The number of hydrogen-bond donors (Lipinski definition) is 1. The van der Waals surface area contributed by atoms with Gasteiger partial charge in [0.25, 0.3) is 0 Å². The van der Waals surface area contributed by atoms with Crippen molar-refractivity contribution in [3.63, 3.8) is 0 Å². The van der Waals surface area contributed by atoms with Gasteiger partial charge in [-0.3, -0.25) is 19.2 Å². The molecule has 1 aliphatic rings. The molecule has 0 aromatic rings. The SMILES string of the molecule is CCOC(=O)C(CC1=CC=CC(CC(C(=O)OCC)C(=O)OCC)N1)C(=O)OCC. The highest BCUT2D eigenvalue weighted by atomic mass is 16.6. The van der Waals surface area contributed by atoms with E-state index in [4.69, 9.17) is 18.9 Å². The lowest BCUT2D eigenvalue weighted by molar-refractivity contribution is -0.163. The fourth-order valence-electron chi connectivity index (χ4n) is 2.90. The summed E-state index contributed by atoms with van der Waals surface area (Å²) >= 11 is 0. The van der Waals surface area contributed by atoms with E-state index < -0.39 is 41.8 Å². The Kier molecular flexibility index (Phi) is 11.3. The van der Waals surface area contributed by atoms with E-state index in [2.05, 4.69) is 5.32 Å². The number of carbonyl (C=O) groups excluding carboxylic acids is 4. The normalized spacial score (nSPS) is 15.3. The largest absolute Gasteiger partial charge is 0.465 e. The number of esters is 4. The molecule has 168 valence electrons. The second kappa shape index (κ2) is 13.4. The van der Waals surface area contributed by atoms with Crippen LogP contribution in [0.4, 0.5) is 0 Å². The molecule has 0 saturated heterocycles. The predicted molar refractivity (Wildman–Crippen MR) is 107 cm³/mol. The van der Waals surface area contributed by atoms with Gasteiger partial charge in [-0.15, -0.1) is 0 Å². The van der Waals surface area contributed by atoms with Crippen molar-refractivity contribution in [3.05, 3.63) is 23.9 Å². The molecule has 0 aliphatic carbocycles. The Morgan fingerprint density at radius 1 is 0.800 bits per heavy atom. The number of allylic oxidation sites excluding steroid dienone is 3. The maximum absolute atomic E-state index is 12.2. The summed E-state index contributed by atoms with van der Waals surface area (Å²) in [6.45, 7) is 7.21. The van der Waals surface area contributed by atoms with Gasteiger partial charge in [0.05, 0.1) is 26.4 Å². The van der Waals surface area contributed by atoms with E-state index in [0.29, 0.717) is 5.70 Å². The lowest BCUT2D eigenvalue weighted by Gasteiger charge is -2.26. The van der Waals surface area contributed by atoms with Gasteiger partial charge in [-0.25, -0.2) is 0 Å². The summed E-state index contributed by atoms with van der Waals surface area (Å²) < 4.78 is 20.0. The zero-order valence-electron chi connectivity index (χ0n) is 18.0. The summed E-state index contributed by atoms with van der Waals surface area (Å²) in [6, 6.07) is -0.395. The molecule has 1 aliphatic heterocycles. The molecular formula is C21H31NO8. The van der Waals surface area contributed by atoms with Gasteiger partial charge in [0.1, 0.15) is 0 Å². The first-order chi connectivity index (χ1) is 14.4. The maximum Gasteiger partial charge on any atom is 0.320 e. The Hall–Kier alpha value is -2.84. The molecule has 0 fully saturated rings. The number of nitrogens with one attached hydrogen (secondary N) is 1. The van der Waals surface area contributed by atoms with Crippen LogP contribution in [0.25, 0.3) is 0 Å². The van der Waals surface area contributed by atoms with Crippen molar-refractivity contribution in [2.24, 2.45) is 11.8 Å². The Morgan fingerprint density at radius 3 is 1.67 bits per heavy atom. The summed E-state index contributed by atoms with van der Waals surface area (Å²) in [4.78, 5) is 48.8. The third-order valence-corrected chi connectivity index (χ3v) is 4.21. The maximum atomic E-state index is 12.2. The first kappa shape index (κ1) is 25.2. The Labute approximate surface area is 176 Å². The van der Waals surface area contributed by atoms with Crippen molar-refractivity contribution in [3.8, 4) is 0 Å². The van der Waals surface area contributed by atoms with Crippen LogP contribution in [0, 0.1) is 11.8 Å². The second-order valence-electron chi connectivity index (χ2n) is 6.38. The molecule has 0 spiro atoms. The number of hydrogen-bond acceptors (Lipinski definition) is 9. The van der Waals surface area contributed by atoms with Gasteiger partial charge in [-0.1, -0.05) is 12.2 Å². The fraction of sp³-hybridized carbons (Fsp3) is 0.619. The van der Waals surface area contributed by atoms with Crippen LogP contribution in [-0.2, 0) is 38.1 Å².